The average Bonchev–Trinajstić information content (AvgIpc) is 2.38. The van der Waals surface area contributed by atoms with E-state index in [1.165, 1.54) is 35.3 Å². The highest BCUT2D eigenvalue weighted by molar-refractivity contribution is 7.98. The number of carbonyl (C=O) groups is 1. The SMILES string of the molecule is Cc1ccccc1CSc1nccnc1C(=O)O. The first-order valence-corrected chi connectivity index (χ1v) is 6.38. The second-order valence-electron chi connectivity index (χ2n) is 3.73. The van der Waals surface area contributed by atoms with Crippen LogP contribution >= 0.6 is 11.8 Å². The Bertz CT molecular complexity index is 572. The number of aromatic nitrogens is 2. The van der Waals surface area contributed by atoms with Crippen LogP contribution in [0.2, 0.25) is 0 Å². The second-order valence-corrected chi connectivity index (χ2v) is 4.69. The maximum Gasteiger partial charge on any atom is 0.357 e. The van der Waals surface area contributed by atoms with Crippen molar-refractivity contribution in [1.82, 2.24) is 9.97 Å². The number of aromatic carboxylic acids is 1. The van der Waals surface area contributed by atoms with Crippen LogP contribution in [0.3, 0.4) is 0 Å². The van der Waals surface area contributed by atoms with Gasteiger partial charge >= 0.3 is 5.97 Å². The van der Waals surface area contributed by atoms with Gasteiger partial charge in [0.05, 0.1) is 0 Å². The van der Waals surface area contributed by atoms with E-state index in [2.05, 4.69) is 9.97 Å². The number of nitrogens with zero attached hydrogens (tertiary/aromatic N) is 2. The molecule has 1 heterocycles. The molecule has 0 unspecified atom stereocenters. The molecule has 5 heteroatoms. The van der Waals surface area contributed by atoms with Crippen LogP contribution in [0.5, 0.6) is 0 Å². The van der Waals surface area contributed by atoms with Crippen LogP contribution in [0.4, 0.5) is 0 Å². The lowest BCUT2D eigenvalue weighted by Crippen LogP contribution is -2.03. The van der Waals surface area contributed by atoms with Crippen LogP contribution in [0.1, 0.15) is 21.6 Å². The summed E-state index contributed by atoms with van der Waals surface area (Å²) in [6.45, 7) is 2.03. The highest BCUT2D eigenvalue weighted by Crippen LogP contribution is 2.24. The molecular formula is C13H12N2O2S. The number of carboxylic acid groups (broad SMARTS) is 1. The highest BCUT2D eigenvalue weighted by atomic mass is 32.2. The lowest BCUT2D eigenvalue weighted by Gasteiger charge is -2.06. The zero-order chi connectivity index (χ0) is 13.0. The number of carboxylic acids is 1. The number of benzene rings is 1. The third-order valence-electron chi connectivity index (χ3n) is 2.49. The number of rotatable bonds is 4. The summed E-state index contributed by atoms with van der Waals surface area (Å²) in [5, 5.41) is 9.45. The third-order valence-corrected chi connectivity index (χ3v) is 3.52. The van der Waals surface area contributed by atoms with Crippen molar-refractivity contribution < 1.29 is 9.90 Å². The van der Waals surface area contributed by atoms with Gasteiger partial charge in [0, 0.05) is 18.1 Å². The summed E-state index contributed by atoms with van der Waals surface area (Å²) < 4.78 is 0. The molecule has 0 saturated heterocycles. The molecule has 2 aromatic rings. The zero-order valence-corrected chi connectivity index (χ0v) is 10.6. The lowest BCUT2D eigenvalue weighted by molar-refractivity contribution is 0.0685. The van der Waals surface area contributed by atoms with E-state index in [0.29, 0.717) is 10.8 Å². The molecule has 92 valence electrons. The highest BCUT2D eigenvalue weighted by Gasteiger charge is 2.13. The van der Waals surface area contributed by atoms with Gasteiger partial charge < -0.3 is 5.11 Å². The van der Waals surface area contributed by atoms with Crippen LogP contribution in [-0.4, -0.2) is 21.0 Å². The summed E-state index contributed by atoms with van der Waals surface area (Å²) in [6, 6.07) is 8.01. The molecule has 0 saturated carbocycles. The van der Waals surface area contributed by atoms with Crippen LogP contribution in [-0.2, 0) is 5.75 Å². The van der Waals surface area contributed by atoms with Crippen LogP contribution in [0.15, 0.2) is 41.7 Å². The molecule has 1 aromatic heterocycles. The minimum atomic E-state index is -1.05. The fourth-order valence-electron chi connectivity index (χ4n) is 1.50. The molecular weight excluding hydrogens is 248 g/mol. The monoisotopic (exact) mass is 260 g/mol. The van der Waals surface area contributed by atoms with Crippen molar-refractivity contribution in [3.05, 3.63) is 53.5 Å². The molecule has 1 N–H and O–H groups in total. The van der Waals surface area contributed by atoms with Crippen molar-refractivity contribution in [2.75, 3.05) is 0 Å². The largest absolute Gasteiger partial charge is 0.476 e. The smallest absolute Gasteiger partial charge is 0.357 e. The molecule has 0 atom stereocenters. The third kappa shape index (κ3) is 2.87. The van der Waals surface area contributed by atoms with Crippen LogP contribution in [0, 0.1) is 6.92 Å². The van der Waals surface area contributed by atoms with Crippen molar-refractivity contribution in [3.63, 3.8) is 0 Å². The van der Waals surface area contributed by atoms with Crippen molar-refractivity contribution in [2.24, 2.45) is 0 Å². The Labute approximate surface area is 109 Å². The van der Waals surface area contributed by atoms with E-state index in [1.54, 1.807) is 0 Å². The molecule has 18 heavy (non-hydrogen) atoms. The van der Waals surface area contributed by atoms with E-state index in [4.69, 9.17) is 5.11 Å². The van der Waals surface area contributed by atoms with Gasteiger partial charge in [-0.15, -0.1) is 0 Å². The number of hydrogen-bond donors (Lipinski definition) is 1. The van der Waals surface area contributed by atoms with Crippen molar-refractivity contribution >= 4 is 17.7 Å². The van der Waals surface area contributed by atoms with Gasteiger partial charge in [-0.1, -0.05) is 36.0 Å². The van der Waals surface area contributed by atoms with Gasteiger partial charge in [-0.25, -0.2) is 14.8 Å². The van der Waals surface area contributed by atoms with Crippen LogP contribution in [0.25, 0.3) is 0 Å². The normalized spacial score (nSPS) is 10.3. The molecule has 0 fully saturated rings. The van der Waals surface area contributed by atoms with Gasteiger partial charge in [0.25, 0.3) is 0 Å². The van der Waals surface area contributed by atoms with Gasteiger partial charge in [-0.2, -0.15) is 0 Å². The number of hydrogen-bond acceptors (Lipinski definition) is 4. The Balaban J connectivity index is 2.16. The number of aryl methyl sites for hydroxylation is 1. The van der Waals surface area contributed by atoms with E-state index < -0.39 is 5.97 Å². The predicted octanol–water partition coefficient (Wildman–Crippen LogP) is 2.78. The maximum atomic E-state index is 11.0. The molecule has 0 bridgehead atoms. The summed E-state index contributed by atoms with van der Waals surface area (Å²) >= 11 is 1.39. The van der Waals surface area contributed by atoms with Gasteiger partial charge in [0.15, 0.2) is 5.69 Å². The number of thioether (sulfide) groups is 1. The first-order valence-electron chi connectivity index (χ1n) is 5.40. The minimum absolute atomic E-state index is 0.0103. The molecule has 0 aliphatic heterocycles. The molecule has 0 amide bonds. The lowest BCUT2D eigenvalue weighted by atomic mass is 10.1. The van der Waals surface area contributed by atoms with Gasteiger partial charge in [-0.05, 0) is 18.1 Å². The fourth-order valence-corrected chi connectivity index (χ4v) is 2.52. The minimum Gasteiger partial charge on any atom is -0.476 e. The van der Waals surface area contributed by atoms with Crippen molar-refractivity contribution in [2.45, 2.75) is 17.7 Å². The van der Waals surface area contributed by atoms with Crippen molar-refractivity contribution in [1.29, 1.82) is 0 Å². The van der Waals surface area contributed by atoms with Gasteiger partial charge in [0.1, 0.15) is 5.03 Å². The topological polar surface area (TPSA) is 63.1 Å². The molecule has 0 aliphatic carbocycles. The maximum absolute atomic E-state index is 11.0. The summed E-state index contributed by atoms with van der Waals surface area (Å²) in [7, 11) is 0. The Kier molecular flexibility index (Phi) is 3.94. The Hall–Kier alpha value is -1.88. The second kappa shape index (κ2) is 5.64. The zero-order valence-electron chi connectivity index (χ0n) is 9.83. The Morgan fingerprint density at radius 2 is 2.00 bits per heavy atom. The Morgan fingerprint density at radius 3 is 2.72 bits per heavy atom. The van der Waals surface area contributed by atoms with Crippen LogP contribution < -0.4 is 0 Å². The van der Waals surface area contributed by atoms with Crippen molar-refractivity contribution in [3.8, 4) is 0 Å². The predicted molar refractivity (Wildman–Crippen MR) is 69.7 cm³/mol. The molecule has 0 spiro atoms. The average molecular weight is 260 g/mol. The first-order chi connectivity index (χ1) is 8.68. The van der Waals surface area contributed by atoms with E-state index in [0.717, 1.165) is 0 Å². The Morgan fingerprint density at radius 1 is 1.28 bits per heavy atom. The summed E-state index contributed by atoms with van der Waals surface area (Å²) in [6.07, 6.45) is 2.90. The quantitative estimate of drug-likeness (QED) is 0.856. The fraction of sp³-hybridized carbons (Fsp3) is 0.154. The molecule has 1 aromatic carbocycles. The van der Waals surface area contributed by atoms with Gasteiger partial charge in [0.2, 0.25) is 0 Å². The molecule has 0 radical (unpaired) electrons. The first kappa shape index (κ1) is 12.6. The summed E-state index contributed by atoms with van der Waals surface area (Å²) in [5.74, 6) is -0.360. The van der Waals surface area contributed by atoms with E-state index in [1.807, 2.05) is 31.2 Å². The summed E-state index contributed by atoms with van der Waals surface area (Å²) in [4.78, 5) is 18.9. The molecule has 0 aliphatic rings. The summed E-state index contributed by atoms with van der Waals surface area (Å²) in [5.41, 5.74) is 2.37. The molecule has 2 rings (SSSR count). The standard InChI is InChI=1S/C13H12N2O2S/c1-9-4-2-3-5-10(9)8-18-12-11(13(16)17)14-6-7-15-12/h2-7H,8H2,1H3,(H,16,17). The van der Waals surface area contributed by atoms with E-state index >= 15 is 0 Å². The molecule has 4 nitrogen and oxygen atoms in total. The van der Waals surface area contributed by atoms with Gasteiger partial charge in [-0.3, -0.25) is 0 Å². The van der Waals surface area contributed by atoms with E-state index in [-0.39, 0.29) is 5.69 Å². The van der Waals surface area contributed by atoms with E-state index in [9.17, 15) is 4.79 Å².